The Morgan fingerprint density at radius 2 is 1.86 bits per heavy atom. The van der Waals surface area contributed by atoms with Crippen molar-refractivity contribution in [3.8, 4) is 5.88 Å². The fourth-order valence-corrected chi connectivity index (χ4v) is 6.69. The van der Waals surface area contributed by atoms with Crippen LogP contribution in [0.1, 0.15) is 68.7 Å². The Balaban J connectivity index is 1.50. The van der Waals surface area contributed by atoms with Gasteiger partial charge in [0, 0.05) is 19.0 Å². The van der Waals surface area contributed by atoms with Crippen molar-refractivity contribution >= 4 is 15.0 Å². The standard InChI is InChI=1S/C30H43N2O3Si/c1-30(2,3)26-18-21(12-13-23-14-15-27(31-28(23)26)35-36(5)6)19-32-17-16-24(22-10-8-7-9-11-22)25(20-32)29(33)34-4/h7-11,14-15,21,24-26H,12-13,16-20H2,1-6H3/t21-,24?,25?,26-/m1/s1. The zero-order chi connectivity index (χ0) is 25.9. The number of rotatable bonds is 6. The number of carbonyl (C=O) groups is 1. The van der Waals surface area contributed by atoms with E-state index in [1.165, 1.54) is 23.9 Å². The van der Waals surface area contributed by atoms with Crippen LogP contribution in [0.25, 0.3) is 0 Å². The Hall–Kier alpha value is -2.18. The van der Waals surface area contributed by atoms with Gasteiger partial charge in [-0.15, -0.1) is 0 Å². The van der Waals surface area contributed by atoms with E-state index < -0.39 is 9.04 Å². The Bertz CT molecular complexity index is 1020. The second-order valence-electron chi connectivity index (χ2n) is 12.0. The molecule has 6 heteroatoms. The SMILES string of the molecule is COC(=O)C1CN(C[C@@H]2CCc3ccc(O[Si](C)C)nc3[C@H](C(C)(C)C)C2)CCC1c1ccccc1. The van der Waals surface area contributed by atoms with Gasteiger partial charge in [0.15, 0.2) is 5.88 Å². The van der Waals surface area contributed by atoms with Gasteiger partial charge in [0.25, 0.3) is 9.04 Å². The highest BCUT2D eigenvalue weighted by atomic mass is 28.3. The van der Waals surface area contributed by atoms with Crippen LogP contribution < -0.4 is 4.43 Å². The van der Waals surface area contributed by atoms with Gasteiger partial charge in [-0.3, -0.25) is 4.79 Å². The van der Waals surface area contributed by atoms with Crippen molar-refractivity contribution in [2.45, 2.75) is 71.4 Å². The van der Waals surface area contributed by atoms with Gasteiger partial charge in [-0.25, -0.2) is 4.98 Å². The van der Waals surface area contributed by atoms with Gasteiger partial charge in [0.1, 0.15) is 0 Å². The molecule has 2 aromatic rings. The number of hydrogen-bond acceptors (Lipinski definition) is 5. The molecule has 36 heavy (non-hydrogen) atoms. The van der Waals surface area contributed by atoms with E-state index in [-0.39, 0.29) is 23.2 Å². The van der Waals surface area contributed by atoms with Crippen LogP contribution in [0, 0.1) is 17.3 Å². The number of carbonyl (C=O) groups excluding carboxylic acids is 1. The minimum absolute atomic E-state index is 0.0844. The number of pyridine rings is 1. The summed E-state index contributed by atoms with van der Waals surface area (Å²) < 4.78 is 11.3. The largest absolute Gasteiger partial charge is 0.530 e. The van der Waals surface area contributed by atoms with Gasteiger partial charge in [0.05, 0.1) is 18.7 Å². The van der Waals surface area contributed by atoms with E-state index >= 15 is 0 Å². The highest BCUT2D eigenvalue weighted by Crippen LogP contribution is 2.45. The molecular formula is C30H43N2O3Si. The smallest absolute Gasteiger partial charge is 0.310 e. The highest BCUT2D eigenvalue weighted by Gasteiger charge is 2.39. The quantitative estimate of drug-likeness (QED) is 0.270. The highest BCUT2D eigenvalue weighted by molar-refractivity contribution is 6.49. The van der Waals surface area contributed by atoms with Gasteiger partial charge in [-0.05, 0) is 79.8 Å². The molecule has 0 amide bonds. The average molecular weight is 508 g/mol. The van der Waals surface area contributed by atoms with Crippen LogP contribution in [-0.2, 0) is 16.0 Å². The number of piperidine rings is 1. The van der Waals surface area contributed by atoms with E-state index in [0.717, 1.165) is 51.2 Å². The maximum Gasteiger partial charge on any atom is 0.310 e. The maximum absolute atomic E-state index is 12.8. The number of esters is 1. The van der Waals surface area contributed by atoms with Crippen LogP contribution in [0.3, 0.4) is 0 Å². The Morgan fingerprint density at radius 3 is 2.53 bits per heavy atom. The minimum Gasteiger partial charge on any atom is -0.530 e. The second-order valence-corrected chi connectivity index (χ2v) is 14.0. The number of hydrogen-bond donors (Lipinski definition) is 0. The number of fused-ring (bicyclic) bond motifs is 1. The lowest BCUT2D eigenvalue weighted by molar-refractivity contribution is -0.148. The lowest BCUT2D eigenvalue weighted by Crippen LogP contribution is -2.45. The summed E-state index contributed by atoms with van der Waals surface area (Å²) in [5.74, 6) is 1.75. The zero-order valence-corrected chi connectivity index (χ0v) is 23.9. The summed E-state index contributed by atoms with van der Waals surface area (Å²) in [6.45, 7) is 14.1. The van der Waals surface area contributed by atoms with Gasteiger partial charge in [-0.1, -0.05) is 57.2 Å². The van der Waals surface area contributed by atoms with Crippen LogP contribution in [0.2, 0.25) is 13.1 Å². The molecule has 2 heterocycles. The summed E-state index contributed by atoms with van der Waals surface area (Å²) in [6.07, 6.45) is 4.31. The van der Waals surface area contributed by atoms with E-state index in [0.29, 0.717) is 11.8 Å². The summed E-state index contributed by atoms with van der Waals surface area (Å²) in [4.78, 5) is 20.4. The van der Waals surface area contributed by atoms with Gasteiger partial charge in [-0.2, -0.15) is 0 Å². The molecule has 0 saturated carbocycles. The van der Waals surface area contributed by atoms with Crippen molar-refractivity contribution in [1.29, 1.82) is 0 Å². The van der Waals surface area contributed by atoms with E-state index in [4.69, 9.17) is 14.1 Å². The number of ether oxygens (including phenoxy) is 1. The Kier molecular flexibility index (Phi) is 8.56. The molecule has 0 N–H and O–H groups in total. The number of aromatic nitrogens is 1. The molecule has 5 nitrogen and oxygen atoms in total. The summed E-state index contributed by atoms with van der Waals surface area (Å²) in [7, 11) is 0.671. The van der Waals surface area contributed by atoms with Crippen molar-refractivity contribution < 1.29 is 14.0 Å². The number of benzene rings is 1. The monoisotopic (exact) mass is 507 g/mol. The molecule has 0 spiro atoms. The molecule has 2 unspecified atom stereocenters. The van der Waals surface area contributed by atoms with Gasteiger partial charge < -0.3 is 14.1 Å². The lowest BCUT2D eigenvalue weighted by atomic mass is 9.73. The summed E-state index contributed by atoms with van der Waals surface area (Å²) >= 11 is 0. The van der Waals surface area contributed by atoms with E-state index in [1.54, 1.807) is 0 Å². The molecule has 195 valence electrons. The zero-order valence-electron chi connectivity index (χ0n) is 22.9. The van der Waals surface area contributed by atoms with Crippen LogP contribution in [0.4, 0.5) is 0 Å². The van der Waals surface area contributed by atoms with Crippen molar-refractivity contribution in [2.75, 3.05) is 26.7 Å². The van der Waals surface area contributed by atoms with E-state index in [9.17, 15) is 4.79 Å². The van der Waals surface area contributed by atoms with Crippen LogP contribution in [0.15, 0.2) is 42.5 Å². The fraction of sp³-hybridized carbons (Fsp3) is 0.600. The molecule has 4 atom stereocenters. The van der Waals surface area contributed by atoms with Crippen LogP contribution in [0.5, 0.6) is 5.88 Å². The average Bonchev–Trinajstić information content (AvgIpc) is 3.03. The first-order chi connectivity index (χ1) is 17.2. The molecule has 1 fully saturated rings. The summed E-state index contributed by atoms with van der Waals surface area (Å²) in [5, 5.41) is 0. The number of likely N-dealkylation sites (tertiary alicyclic amines) is 1. The lowest BCUT2D eigenvalue weighted by Gasteiger charge is -2.40. The number of aryl methyl sites for hydroxylation is 1. The normalized spacial score (nSPS) is 25.2. The minimum atomic E-state index is -0.849. The predicted octanol–water partition coefficient (Wildman–Crippen LogP) is 6.07. The fourth-order valence-electron chi connectivity index (χ4n) is 6.16. The third kappa shape index (κ3) is 6.38. The van der Waals surface area contributed by atoms with Crippen LogP contribution in [-0.4, -0.2) is 51.6 Å². The van der Waals surface area contributed by atoms with E-state index in [2.05, 4.69) is 75.2 Å². The molecule has 1 radical (unpaired) electrons. The number of nitrogens with zero attached hydrogens (tertiary/aromatic N) is 2. The predicted molar refractivity (Wildman–Crippen MR) is 147 cm³/mol. The van der Waals surface area contributed by atoms with Crippen molar-refractivity contribution in [3.05, 3.63) is 59.3 Å². The molecule has 1 aromatic carbocycles. The number of methoxy groups -OCH3 is 1. The third-order valence-electron chi connectivity index (χ3n) is 8.01. The van der Waals surface area contributed by atoms with Crippen molar-refractivity contribution in [2.24, 2.45) is 17.3 Å². The molecule has 1 aliphatic carbocycles. The van der Waals surface area contributed by atoms with E-state index in [1.807, 2.05) is 6.07 Å². The summed E-state index contributed by atoms with van der Waals surface area (Å²) in [5.41, 5.74) is 3.98. The molecular weight excluding hydrogens is 464 g/mol. The first kappa shape index (κ1) is 26.9. The first-order valence-electron chi connectivity index (χ1n) is 13.5. The molecule has 1 aromatic heterocycles. The molecule has 0 bridgehead atoms. The second kappa shape index (κ2) is 11.5. The van der Waals surface area contributed by atoms with Crippen molar-refractivity contribution in [3.63, 3.8) is 0 Å². The third-order valence-corrected chi connectivity index (χ3v) is 8.62. The van der Waals surface area contributed by atoms with Gasteiger partial charge >= 0.3 is 5.97 Å². The Labute approximate surface area is 219 Å². The van der Waals surface area contributed by atoms with Crippen LogP contribution >= 0.6 is 0 Å². The Morgan fingerprint density at radius 1 is 1.11 bits per heavy atom. The molecule has 2 aliphatic rings. The molecule has 4 rings (SSSR count). The first-order valence-corrected chi connectivity index (χ1v) is 15.9. The summed E-state index contributed by atoms with van der Waals surface area (Å²) in [6, 6.07) is 14.8. The molecule has 1 saturated heterocycles. The topological polar surface area (TPSA) is 51.7 Å². The van der Waals surface area contributed by atoms with Gasteiger partial charge in [0.2, 0.25) is 0 Å². The maximum atomic E-state index is 12.8. The molecule has 1 aliphatic heterocycles. The van der Waals surface area contributed by atoms with Crippen molar-refractivity contribution in [1.82, 2.24) is 9.88 Å².